The molecular formula is C18H16ClF3N2O2. The quantitative estimate of drug-likeness (QED) is 0.840. The van der Waals surface area contributed by atoms with Gasteiger partial charge in [-0.25, -0.2) is 0 Å². The third kappa shape index (κ3) is 3.11. The van der Waals surface area contributed by atoms with Crippen LogP contribution in [0.4, 0.5) is 24.5 Å². The second-order valence-corrected chi connectivity index (χ2v) is 7.08. The predicted molar refractivity (Wildman–Crippen MR) is 93.5 cm³/mol. The third-order valence-electron chi connectivity index (χ3n) is 4.63. The van der Waals surface area contributed by atoms with Crippen molar-refractivity contribution in [2.24, 2.45) is 0 Å². The number of rotatable bonds is 3. The lowest BCUT2D eigenvalue weighted by molar-refractivity contribution is -0.171. The number of alkyl halides is 3. The Bertz CT molecular complexity index is 853. The maximum absolute atomic E-state index is 13.0. The second kappa shape index (κ2) is 6.04. The standard InChI is InChI=1S/C18H16ClF3N2O2/c19-14-3-2-12(18(20,21)22)6-13(14)11-1-4-15-16(5-11)24(10-23-15)7-17(25)8-26-9-17/h1-6,23,25H,7-10H2. The molecule has 8 heteroatoms. The molecule has 2 heterocycles. The Kier molecular flexibility index (Phi) is 4.06. The summed E-state index contributed by atoms with van der Waals surface area (Å²) in [7, 11) is 0. The number of fused-ring (bicyclic) bond motifs is 1. The summed E-state index contributed by atoms with van der Waals surface area (Å²) in [5, 5.41) is 13.8. The zero-order valence-electron chi connectivity index (χ0n) is 13.6. The molecule has 4 nitrogen and oxygen atoms in total. The van der Waals surface area contributed by atoms with Gasteiger partial charge in [0.15, 0.2) is 0 Å². The molecule has 0 spiro atoms. The van der Waals surface area contributed by atoms with Crippen LogP contribution in [0.1, 0.15) is 5.56 Å². The maximum atomic E-state index is 13.0. The predicted octanol–water partition coefficient (Wildman–Crippen LogP) is 3.98. The Morgan fingerprint density at radius 3 is 2.62 bits per heavy atom. The number of hydrogen-bond donors (Lipinski definition) is 2. The van der Waals surface area contributed by atoms with Crippen LogP contribution >= 0.6 is 11.6 Å². The molecule has 0 aromatic heterocycles. The fraction of sp³-hybridized carbons (Fsp3) is 0.333. The molecule has 2 aromatic carbocycles. The fourth-order valence-electron chi connectivity index (χ4n) is 3.22. The van der Waals surface area contributed by atoms with Crippen LogP contribution in [0.5, 0.6) is 0 Å². The number of β-amino-alcohol motifs (C(OH)–C–C–N with tert-alkyl or cyclic N) is 1. The van der Waals surface area contributed by atoms with Crippen molar-refractivity contribution in [1.29, 1.82) is 0 Å². The van der Waals surface area contributed by atoms with Gasteiger partial charge in [0.2, 0.25) is 0 Å². The minimum atomic E-state index is -4.43. The van der Waals surface area contributed by atoms with E-state index in [0.717, 1.165) is 23.5 Å². The number of nitrogens with one attached hydrogen (secondary N) is 1. The first-order valence-electron chi connectivity index (χ1n) is 8.05. The number of nitrogens with zero attached hydrogens (tertiary/aromatic N) is 1. The van der Waals surface area contributed by atoms with Gasteiger partial charge in [-0.1, -0.05) is 17.7 Å². The molecule has 0 amide bonds. The summed E-state index contributed by atoms with van der Waals surface area (Å²) in [5.74, 6) is 0. The Balaban J connectivity index is 1.69. The summed E-state index contributed by atoms with van der Waals surface area (Å²) in [4.78, 5) is 1.95. The van der Waals surface area contributed by atoms with E-state index in [9.17, 15) is 18.3 Å². The summed E-state index contributed by atoms with van der Waals surface area (Å²) in [5.41, 5.74) is 0.949. The lowest BCUT2D eigenvalue weighted by atomic mass is 10.00. The number of halogens is 4. The number of benzene rings is 2. The van der Waals surface area contributed by atoms with Gasteiger partial charge in [0.05, 0.1) is 43.4 Å². The highest BCUT2D eigenvalue weighted by Crippen LogP contribution is 2.40. The molecule has 26 heavy (non-hydrogen) atoms. The van der Waals surface area contributed by atoms with Gasteiger partial charge >= 0.3 is 6.18 Å². The van der Waals surface area contributed by atoms with Crippen LogP contribution in [0.15, 0.2) is 36.4 Å². The van der Waals surface area contributed by atoms with Gasteiger partial charge in [-0.2, -0.15) is 13.2 Å². The van der Waals surface area contributed by atoms with Crippen molar-refractivity contribution < 1.29 is 23.0 Å². The molecule has 2 N–H and O–H groups in total. The molecule has 1 fully saturated rings. The number of aliphatic hydroxyl groups is 1. The van der Waals surface area contributed by atoms with E-state index in [4.69, 9.17) is 16.3 Å². The Hall–Kier alpha value is -1.96. The van der Waals surface area contributed by atoms with Gasteiger partial charge in [-0.05, 0) is 35.9 Å². The van der Waals surface area contributed by atoms with Crippen LogP contribution in [-0.4, -0.2) is 37.1 Å². The average molecular weight is 385 g/mol. The summed E-state index contributed by atoms with van der Waals surface area (Å²) in [6.07, 6.45) is -4.43. The number of hydrogen-bond acceptors (Lipinski definition) is 4. The van der Waals surface area contributed by atoms with Gasteiger partial charge in [-0.3, -0.25) is 0 Å². The second-order valence-electron chi connectivity index (χ2n) is 6.67. The Labute approximate surface area is 153 Å². The topological polar surface area (TPSA) is 44.7 Å². The van der Waals surface area contributed by atoms with Gasteiger partial charge in [-0.15, -0.1) is 0 Å². The third-order valence-corrected chi connectivity index (χ3v) is 4.96. The van der Waals surface area contributed by atoms with E-state index in [2.05, 4.69) is 5.32 Å². The Morgan fingerprint density at radius 2 is 1.96 bits per heavy atom. The first-order chi connectivity index (χ1) is 12.3. The van der Waals surface area contributed by atoms with E-state index in [1.165, 1.54) is 6.07 Å². The van der Waals surface area contributed by atoms with E-state index in [-0.39, 0.29) is 18.2 Å². The summed E-state index contributed by atoms with van der Waals surface area (Å²) >= 11 is 6.15. The Morgan fingerprint density at radius 1 is 1.19 bits per heavy atom. The van der Waals surface area contributed by atoms with Crippen LogP contribution in [-0.2, 0) is 10.9 Å². The van der Waals surface area contributed by atoms with E-state index in [1.54, 1.807) is 12.1 Å². The molecule has 0 atom stereocenters. The van der Waals surface area contributed by atoms with Crippen molar-refractivity contribution in [3.63, 3.8) is 0 Å². The highest BCUT2D eigenvalue weighted by Gasteiger charge is 2.39. The number of anilines is 2. The molecule has 0 aliphatic carbocycles. The molecule has 4 rings (SSSR count). The first-order valence-corrected chi connectivity index (χ1v) is 8.43. The van der Waals surface area contributed by atoms with Gasteiger partial charge < -0.3 is 20.1 Å². The molecule has 0 saturated carbocycles. The lowest BCUT2D eigenvalue weighted by Crippen LogP contribution is -2.57. The molecule has 2 aliphatic rings. The summed E-state index contributed by atoms with van der Waals surface area (Å²) < 4.78 is 44.2. The minimum absolute atomic E-state index is 0.251. The van der Waals surface area contributed by atoms with Crippen LogP contribution in [0.3, 0.4) is 0 Å². The molecule has 0 bridgehead atoms. The lowest BCUT2D eigenvalue weighted by Gasteiger charge is -2.39. The van der Waals surface area contributed by atoms with Crippen molar-refractivity contribution in [2.45, 2.75) is 11.8 Å². The van der Waals surface area contributed by atoms with E-state index >= 15 is 0 Å². The zero-order valence-corrected chi connectivity index (χ0v) is 14.4. The molecular weight excluding hydrogens is 369 g/mol. The van der Waals surface area contributed by atoms with Crippen LogP contribution in [0.2, 0.25) is 5.02 Å². The number of ether oxygens (including phenoxy) is 1. The SMILES string of the molecule is OC1(CN2CNc3ccc(-c4cc(C(F)(F)F)ccc4Cl)cc32)COC1. The average Bonchev–Trinajstić information content (AvgIpc) is 2.95. The van der Waals surface area contributed by atoms with Crippen LogP contribution in [0.25, 0.3) is 11.1 Å². The van der Waals surface area contributed by atoms with Crippen LogP contribution < -0.4 is 10.2 Å². The summed E-state index contributed by atoms with van der Waals surface area (Å²) in [6, 6.07) is 8.63. The molecule has 138 valence electrons. The molecule has 0 radical (unpaired) electrons. The van der Waals surface area contributed by atoms with Crippen molar-refractivity contribution in [3.8, 4) is 11.1 Å². The zero-order chi connectivity index (χ0) is 18.5. The smallest absolute Gasteiger partial charge is 0.383 e. The molecule has 1 saturated heterocycles. The first kappa shape index (κ1) is 17.5. The van der Waals surface area contributed by atoms with Crippen molar-refractivity contribution >= 4 is 23.0 Å². The van der Waals surface area contributed by atoms with Gasteiger partial charge in [0.25, 0.3) is 0 Å². The van der Waals surface area contributed by atoms with Gasteiger partial charge in [0, 0.05) is 10.6 Å². The van der Waals surface area contributed by atoms with Gasteiger partial charge in [0.1, 0.15) is 5.60 Å². The van der Waals surface area contributed by atoms with E-state index in [1.807, 2.05) is 11.0 Å². The molecule has 2 aromatic rings. The normalized spacial score (nSPS) is 18.3. The maximum Gasteiger partial charge on any atom is 0.416 e. The van der Waals surface area contributed by atoms with Crippen molar-refractivity contribution in [1.82, 2.24) is 0 Å². The fourth-order valence-corrected chi connectivity index (χ4v) is 3.45. The molecule has 0 unspecified atom stereocenters. The van der Waals surface area contributed by atoms with Crippen LogP contribution in [0, 0.1) is 0 Å². The highest BCUT2D eigenvalue weighted by molar-refractivity contribution is 6.33. The highest BCUT2D eigenvalue weighted by atomic mass is 35.5. The van der Waals surface area contributed by atoms with Crippen molar-refractivity contribution in [3.05, 3.63) is 47.0 Å². The van der Waals surface area contributed by atoms with E-state index in [0.29, 0.717) is 24.3 Å². The largest absolute Gasteiger partial charge is 0.416 e. The van der Waals surface area contributed by atoms with E-state index < -0.39 is 17.3 Å². The van der Waals surface area contributed by atoms with Crippen molar-refractivity contribution in [2.75, 3.05) is 36.6 Å². The minimum Gasteiger partial charge on any atom is -0.383 e. The molecule has 2 aliphatic heterocycles. The summed E-state index contributed by atoms with van der Waals surface area (Å²) in [6.45, 7) is 1.44. The monoisotopic (exact) mass is 384 g/mol.